The Bertz CT molecular complexity index is 543. The minimum Gasteiger partial charge on any atom is -0.397 e. The van der Waals surface area contributed by atoms with Gasteiger partial charge in [-0.15, -0.1) is 0 Å². The summed E-state index contributed by atoms with van der Waals surface area (Å²) in [6, 6.07) is 0. The van der Waals surface area contributed by atoms with E-state index >= 15 is 0 Å². The maximum Gasteiger partial charge on any atom is 0.345 e. The third-order valence-electron chi connectivity index (χ3n) is 12.5. The van der Waals surface area contributed by atoms with Crippen LogP contribution >= 0.6 is 0 Å². The zero-order chi connectivity index (χ0) is 27.9. The van der Waals surface area contributed by atoms with Crippen molar-refractivity contribution in [3.8, 4) is 0 Å². The molecular formula is C34H68O2Si. The molecule has 2 nitrogen and oxygen atoms in total. The summed E-state index contributed by atoms with van der Waals surface area (Å²) in [4.78, 5) is 0. The van der Waals surface area contributed by atoms with Gasteiger partial charge in [-0.1, -0.05) is 133 Å². The van der Waals surface area contributed by atoms with Crippen molar-refractivity contribution in [2.75, 3.05) is 14.2 Å². The van der Waals surface area contributed by atoms with Crippen molar-refractivity contribution in [3.05, 3.63) is 0 Å². The van der Waals surface area contributed by atoms with E-state index in [1.807, 2.05) is 0 Å². The molecule has 37 heavy (non-hydrogen) atoms. The summed E-state index contributed by atoms with van der Waals surface area (Å²) in [6.07, 6.45) is 13.0. The van der Waals surface area contributed by atoms with Gasteiger partial charge in [-0.25, -0.2) is 0 Å². The van der Waals surface area contributed by atoms with E-state index in [0.29, 0.717) is 11.1 Å². The van der Waals surface area contributed by atoms with E-state index < -0.39 is 8.56 Å². The molecule has 2 fully saturated rings. The Morgan fingerprint density at radius 3 is 0.622 bits per heavy atom. The number of hydrogen-bond acceptors (Lipinski definition) is 2. The molecule has 2 saturated carbocycles. The summed E-state index contributed by atoms with van der Waals surface area (Å²) in [5.41, 5.74) is 1.22. The quantitative estimate of drug-likeness (QED) is 0.205. The summed E-state index contributed by atoms with van der Waals surface area (Å²) in [6.45, 7) is 24.8. The molecule has 0 heterocycles. The van der Waals surface area contributed by atoms with E-state index in [1.54, 1.807) is 0 Å². The molecule has 0 aromatic carbocycles. The van der Waals surface area contributed by atoms with Gasteiger partial charge >= 0.3 is 8.56 Å². The molecule has 0 amide bonds. The van der Waals surface area contributed by atoms with Gasteiger partial charge in [-0.3, -0.25) is 0 Å². The number of hydrogen-bond donors (Lipinski definition) is 0. The highest BCUT2D eigenvalue weighted by Gasteiger charge is 2.66. The lowest BCUT2D eigenvalue weighted by molar-refractivity contribution is -0.0214. The monoisotopic (exact) mass is 536 g/mol. The second kappa shape index (κ2) is 15.2. The largest absolute Gasteiger partial charge is 0.397 e. The Kier molecular flexibility index (Phi) is 13.7. The topological polar surface area (TPSA) is 18.5 Å². The first-order valence-electron chi connectivity index (χ1n) is 17.0. The van der Waals surface area contributed by atoms with Crippen LogP contribution in [0, 0.1) is 59.2 Å². The maximum atomic E-state index is 7.12. The predicted molar refractivity (Wildman–Crippen MR) is 165 cm³/mol. The molecular weight excluding hydrogens is 468 g/mol. The molecule has 0 aromatic heterocycles. The van der Waals surface area contributed by atoms with E-state index in [4.69, 9.17) is 8.85 Å². The Hall–Kier alpha value is 0.137. The Morgan fingerprint density at radius 2 is 0.486 bits per heavy atom. The van der Waals surface area contributed by atoms with Crippen LogP contribution in [-0.2, 0) is 8.85 Å². The van der Waals surface area contributed by atoms with Gasteiger partial charge in [0.25, 0.3) is 0 Å². The van der Waals surface area contributed by atoms with Crippen molar-refractivity contribution in [3.63, 3.8) is 0 Å². The fourth-order valence-corrected chi connectivity index (χ4v) is 17.5. The predicted octanol–water partition coefficient (Wildman–Crippen LogP) is 10.8. The highest BCUT2D eigenvalue weighted by atomic mass is 28.4. The SMILES string of the molecule is CCC1C(CC)C(CC)C([Si](OC)(OC)C2C(CC)C(CC)C(CC)C(CC)C2CC)C(CC)C1CC. The van der Waals surface area contributed by atoms with Gasteiger partial charge in [0.2, 0.25) is 0 Å². The highest BCUT2D eigenvalue weighted by molar-refractivity contribution is 6.71. The molecule has 2 rings (SSSR count). The molecule has 0 saturated heterocycles. The molecule has 220 valence electrons. The molecule has 2 aliphatic carbocycles. The molecule has 3 heteroatoms. The van der Waals surface area contributed by atoms with Crippen LogP contribution < -0.4 is 0 Å². The molecule has 0 radical (unpaired) electrons. The summed E-state index contributed by atoms with van der Waals surface area (Å²) in [5.74, 6) is 7.86. The average molecular weight is 537 g/mol. The van der Waals surface area contributed by atoms with Crippen LogP contribution in [0.15, 0.2) is 0 Å². The molecule has 0 aliphatic heterocycles. The van der Waals surface area contributed by atoms with Crippen LogP contribution in [0.4, 0.5) is 0 Å². The highest BCUT2D eigenvalue weighted by Crippen LogP contribution is 2.66. The van der Waals surface area contributed by atoms with Crippen LogP contribution in [-0.4, -0.2) is 22.8 Å². The van der Waals surface area contributed by atoms with E-state index in [9.17, 15) is 0 Å². The summed E-state index contributed by atoms with van der Waals surface area (Å²) in [5, 5.41) is 0. The van der Waals surface area contributed by atoms with Crippen LogP contribution in [0.5, 0.6) is 0 Å². The normalized spacial score (nSPS) is 41.2. The van der Waals surface area contributed by atoms with Crippen LogP contribution in [0.1, 0.15) is 133 Å². The fourth-order valence-electron chi connectivity index (χ4n) is 11.5. The van der Waals surface area contributed by atoms with E-state index in [0.717, 1.165) is 59.2 Å². The number of rotatable bonds is 14. The maximum absolute atomic E-state index is 7.12. The zero-order valence-corrected chi connectivity index (χ0v) is 28.3. The first-order chi connectivity index (χ1) is 17.9. The lowest BCUT2D eigenvalue weighted by Gasteiger charge is -2.62. The van der Waals surface area contributed by atoms with Gasteiger partial charge in [0.15, 0.2) is 0 Å². The van der Waals surface area contributed by atoms with Crippen molar-refractivity contribution in [2.45, 2.75) is 145 Å². The van der Waals surface area contributed by atoms with Gasteiger partial charge in [0, 0.05) is 25.3 Å². The van der Waals surface area contributed by atoms with Gasteiger partial charge in [-0.2, -0.15) is 0 Å². The third kappa shape index (κ3) is 5.68. The minimum atomic E-state index is -2.59. The van der Waals surface area contributed by atoms with Crippen molar-refractivity contribution in [2.24, 2.45) is 59.2 Å². The van der Waals surface area contributed by atoms with Gasteiger partial charge < -0.3 is 8.85 Å². The lowest BCUT2D eigenvalue weighted by atomic mass is 9.57. The molecule has 0 N–H and O–H groups in total. The van der Waals surface area contributed by atoms with Crippen molar-refractivity contribution < 1.29 is 8.85 Å². The van der Waals surface area contributed by atoms with Gasteiger partial charge in [-0.05, 0) is 59.2 Å². The van der Waals surface area contributed by atoms with E-state index in [1.165, 1.54) is 64.2 Å². The smallest absolute Gasteiger partial charge is 0.345 e. The zero-order valence-electron chi connectivity index (χ0n) is 27.3. The summed E-state index contributed by atoms with van der Waals surface area (Å²) >= 11 is 0. The van der Waals surface area contributed by atoms with Gasteiger partial charge in [0.1, 0.15) is 0 Å². The second-order valence-corrected chi connectivity index (χ2v) is 16.5. The second-order valence-electron chi connectivity index (χ2n) is 12.9. The van der Waals surface area contributed by atoms with Crippen molar-refractivity contribution in [1.82, 2.24) is 0 Å². The Balaban J connectivity index is 2.85. The van der Waals surface area contributed by atoms with Gasteiger partial charge in [0.05, 0.1) is 0 Å². The molecule has 2 aliphatic rings. The fraction of sp³-hybridized carbons (Fsp3) is 1.00. The standard InChI is InChI=1S/C34H68O2Si/c1-13-23-25(15-3)29(19-7)33(30(20-8)26(23)16-4)37(35-11,36-12)34-31(21-9)27(17-5)24(14-2)28(18-6)32(34)22-10/h23-34H,13-22H2,1-12H3. The first-order valence-corrected chi connectivity index (χ1v) is 18.9. The minimum absolute atomic E-state index is 0.608. The Labute approximate surface area is 235 Å². The van der Waals surface area contributed by atoms with Crippen molar-refractivity contribution in [1.29, 1.82) is 0 Å². The average Bonchev–Trinajstić information content (AvgIpc) is 2.95. The van der Waals surface area contributed by atoms with Crippen LogP contribution in [0.2, 0.25) is 11.1 Å². The van der Waals surface area contributed by atoms with Crippen LogP contribution in [0.3, 0.4) is 0 Å². The molecule has 0 spiro atoms. The van der Waals surface area contributed by atoms with E-state index in [-0.39, 0.29) is 0 Å². The van der Waals surface area contributed by atoms with E-state index in [2.05, 4.69) is 83.5 Å². The summed E-state index contributed by atoms with van der Waals surface area (Å²) < 4.78 is 14.2. The molecule has 0 bridgehead atoms. The first kappa shape index (κ1) is 33.3. The third-order valence-corrected chi connectivity index (χ3v) is 17.4. The molecule has 0 aromatic rings. The molecule has 8 atom stereocenters. The molecule has 8 unspecified atom stereocenters. The Morgan fingerprint density at radius 1 is 0.324 bits per heavy atom. The van der Waals surface area contributed by atoms with Crippen LogP contribution in [0.25, 0.3) is 0 Å². The summed E-state index contributed by atoms with van der Waals surface area (Å²) in [7, 11) is 1.56. The lowest BCUT2D eigenvalue weighted by Crippen LogP contribution is -2.64. The van der Waals surface area contributed by atoms with Crippen molar-refractivity contribution >= 4 is 8.56 Å².